The van der Waals surface area contributed by atoms with E-state index in [4.69, 9.17) is 5.73 Å². The first kappa shape index (κ1) is 10.4. The molecule has 1 rings (SSSR count). The molecule has 1 heterocycles. The lowest BCUT2D eigenvalue weighted by molar-refractivity contribution is 0.189. The van der Waals surface area contributed by atoms with Crippen LogP contribution in [0.5, 0.6) is 0 Å². The average molecular weight is 201 g/mol. The van der Waals surface area contributed by atoms with Crippen LogP contribution < -0.4 is 10.6 Å². The number of aliphatic hydroxyl groups is 1. The van der Waals surface area contributed by atoms with Crippen molar-refractivity contribution in [1.29, 1.82) is 0 Å². The highest BCUT2D eigenvalue weighted by atomic mass is 32.1. The van der Waals surface area contributed by atoms with E-state index in [0.29, 0.717) is 0 Å². The highest BCUT2D eigenvalue weighted by molar-refractivity contribution is 7.15. The van der Waals surface area contributed by atoms with Gasteiger partial charge in [0.2, 0.25) is 0 Å². The topological polar surface area (TPSA) is 62.4 Å². The maximum atomic E-state index is 9.53. The van der Waals surface area contributed by atoms with Crippen molar-refractivity contribution in [2.75, 3.05) is 25.5 Å². The average Bonchev–Trinajstić information content (AvgIpc) is 2.46. The van der Waals surface area contributed by atoms with Crippen LogP contribution in [0, 0.1) is 6.92 Å². The fourth-order valence-corrected chi connectivity index (χ4v) is 1.99. The van der Waals surface area contributed by atoms with Crippen molar-refractivity contribution >= 4 is 16.5 Å². The molecular weight excluding hydrogens is 186 g/mol. The first-order valence-electron chi connectivity index (χ1n) is 4.09. The molecule has 0 aliphatic heterocycles. The first-order chi connectivity index (χ1) is 6.06. The molecular formula is C8H15N3OS. The number of rotatable bonds is 3. The Kier molecular flexibility index (Phi) is 3.24. The third-order valence-electron chi connectivity index (χ3n) is 1.73. The van der Waals surface area contributed by atoms with E-state index >= 15 is 0 Å². The van der Waals surface area contributed by atoms with Crippen LogP contribution in [0.1, 0.15) is 16.7 Å². The fraction of sp³-hybridized carbons (Fsp3) is 0.625. The molecule has 0 bridgehead atoms. The van der Waals surface area contributed by atoms with E-state index in [-0.39, 0.29) is 6.54 Å². The Morgan fingerprint density at radius 2 is 2.23 bits per heavy atom. The standard InChI is InChI=1S/C8H15N3OS/c1-5-7(6(12)4-9)13-8(10-5)11(2)3/h6,12H,4,9H2,1-3H3/t6-/m0/s1. The minimum absolute atomic E-state index is 0.246. The molecule has 0 fully saturated rings. The maximum Gasteiger partial charge on any atom is 0.185 e. The number of nitrogens with two attached hydrogens (primary N) is 1. The molecule has 0 unspecified atom stereocenters. The van der Waals surface area contributed by atoms with Crippen molar-refractivity contribution in [3.63, 3.8) is 0 Å². The molecule has 1 aromatic rings. The van der Waals surface area contributed by atoms with Gasteiger partial charge in [-0.3, -0.25) is 0 Å². The van der Waals surface area contributed by atoms with Crippen LogP contribution in [0.2, 0.25) is 0 Å². The summed E-state index contributed by atoms with van der Waals surface area (Å²) in [6, 6.07) is 0. The van der Waals surface area contributed by atoms with Gasteiger partial charge in [-0.25, -0.2) is 4.98 Å². The second-order valence-corrected chi connectivity index (χ2v) is 4.10. The van der Waals surface area contributed by atoms with E-state index in [1.54, 1.807) is 0 Å². The first-order valence-corrected chi connectivity index (χ1v) is 4.90. The Labute approximate surface area is 82.0 Å². The van der Waals surface area contributed by atoms with Crippen LogP contribution in [-0.2, 0) is 0 Å². The Morgan fingerprint density at radius 1 is 1.62 bits per heavy atom. The largest absolute Gasteiger partial charge is 0.386 e. The van der Waals surface area contributed by atoms with Crippen molar-refractivity contribution in [1.82, 2.24) is 4.98 Å². The van der Waals surface area contributed by atoms with Crippen LogP contribution in [0.4, 0.5) is 5.13 Å². The zero-order valence-corrected chi connectivity index (χ0v) is 8.93. The van der Waals surface area contributed by atoms with Crippen molar-refractivity contribution in [2.24, 2.45) is 5.73 Å². The number of nitrogens with zero attached hydrogens (tertiary/aromatic N) is 2. The van der Waals surface area contributed by atoms with Gasteiger partial charge in [0.1, 0.15) is 6.10 Å². The number of hydrogen-bond donors (Lipinski definition) is 2. The number of hydrogen-bond acceptors (Lipinski definition) is 5. The van der Waals surface area contributed by atoms with Gasteiger partial charge >= 0.3 is 0 Å². The lowest BCUT2D eigenvalue weighted by Gasteiger charge is -2.06. The van der Waals surface area contributed by atoms with Gasteiger partial charge in [0.15, 0.2) is 5.13 Å². The molecule has 0 spiro atoms. The summed E-state index contributed by atoms with van der Waals surface area (Å²) in [6.07, 6.45) is -0.578. The molecule has 3 N–H and O–H groups in total. The molecule has 0 aliphatic carbocycles. The fourth-order valence-electron chi connectivity index (χ4n) is 1.00. The second kappa shape index (κ2) is 4.04. The van der Waals surface area contributed by atoms with Crippen LogP contribution in [0.15, 0.2) is 0 Å². The molecule has 1 atom stereocenters. The predicted molar refractivity (Wildman–Crippen MR) is 55.2 cm³/mol. The van der Waals surface area contributed by atoms with Gasteiger partial charge in [0.25, 0.3) is 0 Å². The summed E-state index contributed by atoms with van der Waals surface area (Å²) in [5.74, 6) is 0. The van der Waals surface area contributed by atoms with Gasteiger partial charge in [-0.05, 0) is 6.92 Å². The molecule has 13 heavy (non-hydrogen) atoms. The van der Waals surface area contributed by atoms with Gasteiger partial charge < -0.3 is 15.7 Å². The Hall–Kier alpha value is -0.650. The number of anilines is 1. The van der Waals surface area contributed by atoms with Gasteiger partial charge in [0, 0.05) is 20.6 Å². The molecule has 0 aromatic carbocycles. The summed E-state index contributed by atoms with van der Waals surface area (Å²) in [5, 5.41) is 10.4. The van der Waals surface area contributed by atoms with Crippen LogP contribution in [-0.4, -0.2) is 30.7 Å². The summed E-state index contributed by atoms with van der Waals surface area (Å²) in [5.41, 5.74) is 6.24. The lowest BCUT2D eigenvalue weighted by atomic mass is 10.2. The minimum atomic E-state index is -0.578. The van der Waals surface area contributed by atoms with Crippen LogP contribution >= 0.6 is 11.3 Å². The molecule has 0 radical (unpaired) electrons. The number of thiazole rings is 1. The van der Waals surface area contributed by atoms with E-state index in [9.17, 15) is 5.11 Å². The van der Waals surface area contributed by atoms with Gasteiger partial charge in [0.05, 0.1) is 10.6 Å². The summed E-state index contributed by atoms with van der Waals surface area (Å²) in [4.78, 5) is 7.10. The Balaban J connectivity index is 2.96. The lowest BCUT2D eigenvalue weighted by Crippen LogP contribution is -2.11. The molecule has 4 nitrogen and oxygen atoms in total. The zero-order valence-electron chi connectivity index (χ0n) is 8.11. The van der Waals surface area contributed by atoms with Gasteiger partial charge in [-0.15, -0.1) is 0 Å². The van der Waals surface area contributed by atoms with Crippen LogP contribution in [0.3, 0.4) is 0 Å². The van der Waals surface area contributed by atoms with E-state index in [2.05, 4.69) is 4.98 Å². The molecule has 5 heteroatoms. The normalized spacial score (nSPS) is 13.0. The molecule has 0 saturated carbocycles. The summed E-state index contributed by atoms with van der Waals surface area (Å²) in [7, 11) is 3.85. The smallest absolute Gasteiger partial charge is 0.185 e. The monoisotopic (exact) mass is 201 g/mol. The Morgan fingerprint density at radius 3 is 2.62 bits per heavy atom. The highest BCUT2D eigenvalue weighted by Crippen LogP contribution is 2.28. The minimum Gasteiger partial charge on any atom is -0.386 e. The number of aryl methyl sites for hydroxylation is 1. The van der Waals surface area contributed by atoms with Crippen molar-refractivity contribution in [3.05, 3.63) is 10.6 Å². The second-order valence-electron chi connectivity index (χ2n) is 3.09. The zero-order chi connectivity index (χ0) is 10.0. The molecule has 0 aliphatic rings. The number of aliphatic hydroxyl groups excluding tert-OH is 1. The van der Waals surface area contributed by atoms with E-state index in [1.165, 1.54) is 11.3 Å². The summed E-state index contributed by atoms with van der Waals surface area (Å²) >= 11 is 1.49. The quantitative estimate of drug-likeness (QED) is 0.748. The molecule has 1 aromatic heterocycles. The van der Waals surface area contributed by atoms with Gasteiger partial charge in [-0.1, -0.05) is 11.3 Å². The third kappa shape index (κ3) is 2.18. The van der Waals surface area contributed by atoms with E-state index in [0.717, 1.165) is 15.7 Å². The summed E-state index contributed by atoms with van der Waals surface area (Å²) < 4.78 is 0. The number of aromatic nitrogens is 1. The molecule has 74 valence electrons. The van der Waals surface area contributed by atoms with E-state index in [1.807, 2.05) is 25.9 Å². The molecule has 0 saturated heterocycles. The highest BCUT2D eigenvalue weighted by Gasteiger charge is 2.14. The Bertz CT molecular complexity index is 285. The van der Waals surface area contributed by atoms with Crippen molar-refractivity contribution in [2.45, 2.75) is 13.0 Å². The SMILES string of the molecule is Cc1nc(N(C)C)sc1[C@@H](O)CN. The van der Waals surface area contributed by atoms with Crippen LogP contribution in [0.25, 0.3) is 0 Å². The van der Waals surface area contributed by atoms with Gasteiger partial charge in [-0.2, -0.15) is 0 Å². The van der Waals surface area contributed by atoms with Crippen molar-refractivity contribution in [3.8, 4) is 0 Å². The summed E-state index contributed by atoms with van der Waals surface area (Å²) in [6.45, 7) is 2.13. The molecule has 0 amide bonds. The maximum absolute atomic E-state index is 9.53. The predicted octanol–water partition coefficient (Wildman–Crippen LogP) is 0.510. The third-order valence-corrected chi connectivity index (χ3v) is 3.16. The van der Waals surface area contributed by atoms with E-state index < -0.39 is 6.10 Å². The van der Waals surface area contributed by atoms with Crippen molar-refractivity contribution < 1.29 is 5.11 Å².